The first-order valence-corrected chi connectivity index (χ1v) is 5.28. The van der Waals surface area contributed by atoms with E-state index in [1.807, 2.05) is 6.92 Å². The molecular weight excluding hydrogens is 229 g/mol. The number of imidazole rings is 1. The summed E-state index contributed by atoms with van der Waals surface area (Å²) in [6, 6.07) is 2.73. The Labute approximate surface area is 97.7 Å². The van der Waals surface area contributed by atoms with Crippen LogP contribution < -0.4 is 5.73 Å². The minimum atomic E-state index is -0.513. The number of anilines is 1. The van der Waals surface area contributed by atoms with E-state index in [4.69, 9.17) is 17.3 Å². The minimum Gasteiger partial charge on any atom is -0.397 e. The normalized spacial score (nSPS) is 10.7. The molecule has 1 aromatic carbocycles. The van der Waals surface area contributed by atoms with Crippen molar-refractivity contribution in [2.24, 2.45) is 0 Å². The Balaban J connectivity index is 2.60. The summed E-state index contributed by atoms with van der Waals surface area (Å²) in [4.78, 5) is 4.17. The summed E-state index contributed by atoms with van der Waals surface area (Å²) >= 11 is 5.73. The number of aryl methyl sites for hydroxylation is 1. The number of hydrogen-bond acceptors (Lipinski definition) is 2. The van der Waals surface area contributed by atoms with Gasteiger partial charge in [-0.3, -0.25) is 0 Å². The Kier molecular flexibility index (Phi) is 2.83. The fourth-order valence-corrected chi connectivity index (χ4v) is 1.73. The van der Waals surface area contributed by atoms with Crippen LogP contribution in [0, 0.1) is 5.82 Å². The molecule has 0 fully saturated rings. The van der Waals surface area contributed by atoms with Gasteiger partial charge >= 0.3 is 0 Å². The SMILES string of the molecule is CCc1nccn1-c1cc(Cl)c(F)cc1N. The molecule has 0 aliphatic heterocycles. The minimum absolute atomic E-state index is 0.0555. The molecule has 0 atom stereocenters. The van der Waals surface area contributed by atoms with Crippen molar-refractivity contribution in [2.75, 3.05) is 5.73 Å². The van der Waals surface area contributed by atoms with Crippen LogP contribution in [0.2, 0.25) is 5.02 Å². The molecule has 2 aromatic rings. The lowest BCUT2D eigenvalue weighted by Crippen LogP contribution is -2.03. The number of halogens is 2. The average Bonchev–Trinajstić information content (AvgIpc) is 2.71. The van der Waals surface area contributed by atoms with Gasteiger partial charge in [0.25, 0.3) is 0 Å². The van der Waals surface area contributed by atoms with Crippen LogP contribution in [0.4, 0.5) is 10.1 Å². The molecule has 0 aliphatic carbocycles. The van der Waals surface area contributed by atoms with E-state index in [0.29, 0.717) is 11.4 Å². The van der Waals surface area contributed by atoms with Crippen molar-refractivity contribution in [1.82, 2.24) is 9.55 Å². The van der Waals surface area contributed by atoms with Crippen molar-refractivity contribution in [3.63, 3.8) is 0 Å². The molecule has 0 saturated heterocycles. The summed E-state index contributed by atoms with van der Waals surface area (Å²) in [6.45, 7) is 1.99. The molecule has 1 aromatic heterocycles. The highest BCUT2D eigenvalue weighted by molar-refractivity contribution is 6.31. The third-order valence-electron chi connectivity index (χ3n) is 2.36. The number of benzene rings is 1. The van der Waals surface area contributed by atoms with Crippen molar-refractivity contribution in [2.45, 2.75) is 13.3 Å². The van der Waals surface area contributed by atoms with E-state index in [-0.39, 0.29) is 5.02 Å². The molecule has 84 valence electrons. The zero-order valence-corrected chi connectivity index (χ0v) is 9.50. The van der Waals surface area contributed by atoms with Crippen molar-refractivity contribution in [3.05, 3.63) is 41.2 Å². The summed E-state index contributed by atoms with van der Waals surface area (Å²) in [6.07, 6.45) is 4.22. The molecule has 0 amide bonds. The zero-order valence-electron chi connectivity index (χ0n) is 8.74. The zero-order chi connectivity index (χ0) is 11.7. The van der Waals surface area contributed by atoms with Gasteiger partial charge in [0, 0.05) is 24.9 Å². The van der Waals surface area contributed by atoms with Crippen LogP contribution in [0.3, 0.4) is 0 Å². The predicted octanol–water partition coefficient (Wildman–Crippen LogP) is 2.81. The van der Waals surface area contributed by atoms with Gasteiger partial charge in [-0.1, -0.05) is 18.5 Å². The topological polar surface area (TPSA) is 43.8 Å². The number of rotatable bonds is 2. The number of hydrogen-bond donors (Lipinski definition) is 1. The highest BCUT2D eigenvalue weighted by Crippen LogP contribution is 2.26. The van der Waals surface area contributed by atoms with Crippen LogP contribution in [-0.4, -0.2) is 9.55 Å². The molecular formula is C11H11ClFN3. The number of nitrogens with zero attached hydrogens (tertiary/aromatic N) is 2. The molecule has 5 heteroatoms. The molecule has 16 heavy (non-hydrogen) atoms. The summed E-state index contributed by atoms with van der Waals surface area (Å²) in [7, 11) is 0. The maximum atomic E-state index is 13.1. The molecule has 2 rings (SSSR count). The lowest BCUT2D eigenvalue weighted by molar-refractivity contribution is 0.628. The van der Waals surface area contributed by atoms with Crippen LogP contribution in [-0.2, 0) is 6.42 Å². The van der Waals surface area contributed by atoms with E-state index in [9.17, 15) is 4.39 Å². The third-order valence-corrected chi connectivity index (χ3v) is 2.65. The van der Waals surface area contributed by atoms with Gasteiger partial charge in [0.2, 0.25) is 0 Å². The van der Waals surface area contributed by atoms with E-state index in [0.717, 1.165) is 12.2 Å². The van der Waals surface area contributed by atoms with E-state index >= 15 is 0 Å². The van der Waals surface area contributed by atoms with Crippen molar-refractivity contribution >= 4 is 17.3 Å². The number of nitrogen functional groups attached to an aromatic ring is 1. The van der Waals surface area contributed by atoms with Gasteiger partial charge in [-0.25, -0.2) is 9.37 Å². The maximum absolute atomic E-state index is 13.1. The first-order chi connectivity index (χ1) is 7.63. The fourth-order valence-electron chi connectivity index (χ4n) is 1.58. The van der Waals surface area contributed by atoms with Crippen LogP contribution >= 0.6 is 11.6 Å². The third kappa shape index (κ3) is 1.76. The second kappa shape index (κ2) is 4.14. The van der Waals surface area contributed by atoms with E-state index in [1.54, 1.807) is 17.0 Å². The Bertz CT molecular complexity index is 522. The van der Waals surface area contributed by atoms with Crippen molar-refractivity contribution < 1.29 is 4.39 Å². The van der Waals surface area contributed by atoms with Gasteiger partial charge in [0.1, 0.15) is 11.6 Å². The van der Waals surface area contributed by atoms with Crippen molar-refractivity contribution in [1.29, 1.82) is 0 Å². The van der Waals surface area contributed by atoms with Crippen molar-refractivity contribution in [3.8, 4) is 5.69 Å². The molecule has 2 N–H and O–H groups in total. The van der Waals surface area contributed by atoms with Gasteiger partial charge in [0.15, 0.2) is 0 Å². The molecule has 0 aliphatic rings. The highest BCUT2D eigenvalue weighted by atomic mass is 35.5. The van der Waals surface area contributed by atoms with E-state index in [1.165, 1.54) is 12.1 Å². The molecule has 0 saturated carbocycles. The van der Waals surface area contributed by atoms with Crippen LogP contribution in [0.25, 0.3) is 5.69 Å². The number of nitrogens with two attached hydrogens (primary N) is 1. The van der Waals surface area contributed by atoms with Gasteiger partial charge in [-0.2, -0.15) is 0 Å². The molecule has 3 nitrogen and oxygen atoms in total. The van der Waals surface area contributed by atoms with E-state index in [2.05, 4.69) is 4.98 Å². The smallest absolute Gasteiger partial charge is 0.143 e. The Morgan fingerprint density at radius 1 is 1.50 bits per heavy atom. The van der Waals surface area contributed by atoms with Gasteiger partial charge < -0.3 is 10.3 Å². The molecule has 0 radical (unpaired) electrons. The fraction of sp³-hybridized carbons (Fsp3) is 0.182. The number of aromatic nitrogens is 2. The molecule has 0 bridgehead atoms. The van der Waals surface area contributed by atoms with Gasteiger partial charge in [-0.15, -0.1) is 0 Å². The quantitative estimate of drug-likeness (QED) is 0.819. The lowest BCUT2D eigenvalue weighted by Gasteiger charge is -2.10. The van der Waals surface area contributed by atoms with Crippen LogP contribution in [0.5, 0.6) is 0 Å². The second-order valence-corrected chi connectivity index (χ2v) is 3.80. The lowest BCUT2D eigenvalue weighted by atomic mass is 10.2. The summed E-state index contributed by atoms with van der Waals surface area (Å²) < 4.78 is 15.0. The molecule has 0 spiro atoms. The maximum Gasteiger partial charge on any atom is 0.143 e. The Morgan fingerprint density at radius 2 is 2.25 bits per heavy atom. The average molecular weight is 240 g/mol. The standard InChI is InChI=1S/C11H11ClFN3/c1-2-11-15-3-4-16(11)10-5-7(12)8(13)6-9(10)14/h3-6H,2,14H2,1H3. The Morgan fingerprint density at radius 3 is 2.94 bits per heavy atom. The molecule has 1 heterocycles. The van der Waals surface area contributed by atoms with Gasteiger partial charge in [-0.05, 0) is 6.07 Å². The highest BCUT2D eigenvalue weighted by Gasteiger charge is 2.10. The predicted molar refractivity (Wildman–Crippen MR) is 62.3 cm³/mol. The van der Waals surface area contributed by atoms with E-state index < -0.39 is 5.82 Å². The first-order valence-electron chi connectivity index (χ1n) is 4.90. The van der Waals surface area contributed by atoms with Crippen LogP contribution in [0.1, 0.15) is 12.7 Å². The second-order valence-electron chi connectivity index (χ2n) is 3.39. The van der Waals surface area contributed by atoms with Gasteiger partial charge in [0.05, 0.1) is 16.4 Å². The first kappa shape index (κ1) is 11.0. The largest absolute Gasteiger partial charge is 0.397 e. The summed E-state index contributed by atoms with van der Waals surface area (Å²) in [5.41, 5.74) is 6.75. The Hall–Kier alpha value is -1.55. The summed E-state index contributed by atoms with van der Waals surface area (Å²) in [5.74, 6) is 0.343. The molecule has 0 unspecified atom stereocenters. The van der Waals surface area contributed by atoms with Crippen LogP contribution in [0.15, 0.2) is 24.5 Å². The summed E-state index contributed by atoms with van der Waals surface area (Å²) in [5, 5.41) is 0.0555. The monoisotopic (exact) mass is 239 g/mol.